The highest BCUT2D eigenvalue weighted by molar-refractivity contribution is 7.13. The first-order chi connectivity index (χ1) is 17.9. The predicted octanol–water partition coefficient (Wildman–Crippen LogP) is 4.64. The minimum absolute atomic E-state index is 0.0968. The molecule has 0 N–H and O–H groups in total. The maximum atomic E-state index is 13.2. The second-order valence-corrected chi connectivity index (χ2v) is 9.44. The lowest BCUT2D eigenvalue weighted by atomic mass is 10.0. The van der Waals surface area contributed by atoms with Crippen LogP contribution in [-0.4, -0.2) is 32.7 Å². The first kappa shape index (κ1) is 26.9. The predicted molar refractivity (Wildman–Crippen MR) is 137 cm³/mol. The fourth-order valence-electron chi connectivity index (χ4n) is 3.73. The van der Waals surface area contributed by atoms with Gasteiger partial charge in [-0.3, -0.25) is 9.36 Å². The average molecular weight is 546 g/mol. The Morgan fingerprint density at radius 1 is 1.11 bits per heavy atom. The molecule has 0 bridgehead atoms. The van der Waals surface area contributed by atoms with Gasteiger partial charge in [-0.15, -0.1) is 0 Å². The number of aromatic nitrogens is 3. The lowest BCUT2D eigenvalue weighted by molar-refractivity contribution is -0.145. The summed E-state index contributed by atoms with van der Waals surface area (Å²) in [5.74, 6) is -0.162. The van der Waals surface area contributed by atoms with Gasteiger partial charge in [0.05, 0.1) is 16.1 Å². The van der Waals surface area contributed by atoms with Crippen LogP contribution in [0, 0.1) is 6.92 Å². The molecule has 2 aromatic carbocycles. The maximum Gasteiger partial charge on any atom is 0.431 e. The normalized spacial score (nSPS) is 11.5. The molecule has 8 nitrogen and oxygen atoms in total. The number of rotatable bonds is 7. The largest absolute Gasteiger partial charge is 0.482 e. The zero-order chi connectivity index (χ0) is 27.8. The smallest absolute Gasteiger partial charge is 0.431 e. The van der Waals surface area contributed by atoms with E-state index in [2.05, 4.69) is 11.0 Å². The van der Waals surface area contributed by atoms with Gasteiger partial charge in [0, 0.05) is 24.1 Å². The highest BCUT2D eigenvalue weighted by atomic mass is 32.1. The van der Waals surface area contributed by atoms with Gasteiger partial charge in [-0.2, -0.15) is 17.5 Å². The monoisotopic (exact) mass is 545 g/mol. The van der Waals surface area contributed by atoms with Gasteiger partial charge in [0.15, 0.2) is 6.61 Å². The Bertz CT molecular complexity index is 1680. The van der Waals surface area contributed by atoms with Gasteiger partial charge in [0.2, 0.25) is 0 Å². The van der Waals surface area contributed by atoms with Crippen LogP contribution in [0.4, 0.5) is 13.2 Å². The van der Waals surface area contributed by atoms with Crippen LogP contribution in [0.1, 0.15) is 18.2 Å². The van der Waals surface area contributed by atoms with E-state index in [4.69, 9.17) is 9.47 Å². The average Bonchev–Trinajstić information content (AvgIpc) is 3.27. The van der Waals surface area contributed by atoms with E-state index in [-0.39, 0.29) is 18.9 Å². The summed E-state index contributed by atoms with van der Waals surface area (Å²) in [7, 11) is 0.959. The number of hydrogen-bond donors (Lipinski definition) is 0. The van der Waals surface area contributed by atoms with Crippen molar-refractivity contribution in [3.8, 4) is 22.7 Å². The zero-order valence-corrected chi connectivity index (χ0v) is 21.4. The summed E-state index contributed by atoms with van der Waals surface area (Å²) in [5, 5.41) is 0.586. The number of alkyl halides is 3. The molecular weight excluding hydrogens is 523 g/mol. The van der Waals surface area contributed by atoms with E-state index in [0.717, 1.165) is 17.3 Å². The van der Waals surface area contributed by atoms with Crippen molar-refractivity contribution in [3.05, 3.63) is 86.7 Å². The van der Waals surface area contributed by atoms with E-state index in [1.807, 2.05) is 6.92 Å². The number of halogens is 3. The van der Waals surface area contributed by atoms with Crippen molar-refractivity contribution in [3.63, 3.8) is 0 Å². The molecule has 0 saturated heterocycles. The van der Waals surface area contributed by atoms with Crippen molar-refractivity contribution in [2.24, 2.45) is 7.05 Å². The van der Waals surface area contributed by atoms with E-state index < -0.39 is 29.1 Å². The number of carbonyl (C=O) groups is 1. The second kappa shape index (κ2) is 10.3. The highest BCUT2D eigenvalue weighted by Gasteiger charge is 2.35. The number of nitrogens with zero attached hydrogens (tertiary/aromatic N) is 3. The number of benzene rings is 2. The van der Waals surface area contributed by atoms with Gasteiger partial charge in [-0.1, -0.05) is 12.6 Å². The van der Waals surface area contributed by atoms with Gasteiger partial charge < -0.3 is 9.47 Å². The molecule has 2 heterocycles. The molecule has 0 aliphatic rings. The molecule has 0 amide bonds. The number of hydrogen-bond acceptors (Lipinski definition) is 7. The molecule has 0 aliphatic heterocycles. The Hall–Kier alpha value is -4.19. The van der Waals surface area contributed by atoms with E-state index >= 15 is 0 Å². The lowest BCUT2D eigenvalue weighted by Crippen LogP contribution is -2.40. The van der Waals surface area contributed by atoms with Gasteiger partial charge in [-0.25, -0.2) is 14.2 Å². The van der Waals surface area contributed by atoms with Crippen LogP contribution >= 0.6 is 11.5 Å². The summed E-state index contributed by atoms with van der Waals surface area (Å²) >= 11 is 1.18. The molecule has 0 spiro atoms. The third-order valence-electron chi connectivity index (χ3n) is 5.62. The van der Waals surface area contributed by atoms with Gasteiger partial charge in [0.25, 0.3) is 5.56 Å². The molecule has 4 aromatic rings. The van der Waals surface area contributed by atoms with Gasteiger partial charge in [-0.05, 0) is 66.8 Å². The molecule has 2 aromatic heterocycles. The van der Waals surface area contributed by atoms with Crippen molar-refractivity contribution < 1.29 is 27.4 Å². The SMILES string of the molecule is C=C(C)COC(=O)COc1ccc(C)c(-c2nsc3ccc(-n4c(=O)cc(C(F)(F)F)n(C)c4=O)cc23)c1. The Labute approximate surface area is 218 Å². The Kier molecular flexibility index (Phi) is 7.27. The van der Waals surface area contributed by atoms with Gasteiger partial charge >= 0.3 is 17.8 Å². The molecule has 198 valence electrons. The van der Waals surface area contributed by atoms with E-state index in [0.29, 0.717) is 43.2 Å². The van der Waals surface area contributed by atoms with Crippen molar-refractivity contribution >= 4 is 27.6 Å². The molecule has 0 aliphatic carbocycles. The molecular formula is C26H22F3N3O5S. The summed E-state index contributed by atoms with van der Waals surface area (Å²) in [4.78, 5) is 37.2. The van der Waals surface area contributed by atoms with Crippen LogP contribution in [0.15, 0.2) is 64.2 Å². The van der Waals surface area contributed by atoms with E-state index in [9.17, 15) is 27.6 Å². The highest BCUT2D eigenvalue weighted by Crippen LogP contribution is 2.35. The number of esters is 1. The second-order valence-electron chi connectivity index (χ2n) is 8.64. The van der Waals surface area contributed by atoms with Crippen molar-refractivity contribution in [2.75, 3.05) is 13.2 Å². The van der Waals surface area contributed by atoms with Crippen LogP contribution in [-0.2, 0) is 22.8 Å². The molecule has 4 rings (SSSR count). The first-order valence-corrected chi connectivity index (χ1v) is 12.0. The summed E-state index contributed by atoms with van der Waals surface area (Å²) in [6.07, 6.45) is -4.85. The number of carbonyl (C=O) groups excluding carboxylic acids is 1. The topological polar surface area (TPSA) is 92.4 Å². The van der Waals surface area contributed by atoms with E-state index in [1.165, 1.54) is 23.7 Å². The summed E-state index contributed by atoms with van der Waals surface area (Å²) in [6, 6.07) is 10.2. The number of ether oxygens (including phenoxy) is 2. The Morgan fingerprint density at radius 3 is 2.53 bits per heavy atom. The minimum Gasteiger partial charge on any atom is -0.482 e. The van der Waals surface area contributed by atoms with E-state index in [1.54, 1.807) is 31.2 Å². The molecule has 0 radical (unpaired) electrons. The molecule has 12 heteroatoms. The Balaban J connectivity index is 1.73. The quantitative estimate of drug-likeness (QED) is 0.248. The first-order valence-electron chi connectivity index (χ1n) is 11.2. The number of aryl methyl sites for hydroxylation is 1. The summed E-state index contributed by atoms with van der Waals surface area (Å²) in [5.41, 5.74) is -0.731. The molecule has 0 saturated carbocycles. The van der Waals surface area contributed by atoms with Crippen molar-refractivity contribution in [2.45, 2.75) is 20.0 Å². The minimum atomic E-state index is -4.85. The van der Waals surface area contributed by atoms with Crippen molar-refractivity contribution in [1.29, 1.82) is 0 Å². The molecule has 38 heavy (non-hydrogen) atoms. The maximum absolute atomic E-state index is 13.2. The molecule has 0 fully saturated rings. The number of fused-ring (bicyclic) bond motifs is 1. The van der Waals surface area contributed by atoms with Crippen LogP contribution in [0.5, 0.6) is 5.75 Å². The third-order valence-corrected chi connectivity index (χ3v) is 6.45. The fourth-order valence-corrected chi connectivity index (χ4v) is 4.50. The lowest BCUT2D eigenvalue weighted by Gasteiger charge is -2.14. The molecule has 0 atom stereocenters. The van der Waals surface area contributed by atoms with Crippen LogP contribution in [0.25, 0.3) is 27.0 Å². The zero-order valence-electron chi connectivity index (χ0n) is 20.6. The Morgan fingerprint density at radius 2 is 1.84 bits per heavy atom. The fraction of sp³-hybridized carbons (Fsp3) is 0.231. The van der Waals surface area contributed by atoms with Gasteiger partial charge in [0.1, 0.15) is 18.1 Å². The standard InChI is InChI=1S/C26H22F3N3O5S/c1-14(2)12-37-23(34)13-36-17-7-5-15(3)18(10-17)24-19-9-16(6-8-20(19)38-30-24)32-22(33)11-21(26(27,28)29)31(4)25(32)35/h5-11H,1,12-13H2,2-4H3. The van der Waals surface area contributed by atoms with Crippen LogP contribution in [0.2, 0.25) is 0 Å². The summed E-state index contributed by atoms with van der Waals surface area (Å²) in [6.45, 7) is 7.04. The van der Waals surface area contributed by atoms with Crippen molar-refractivity contribution in [1.82, 2.24) is 13.5 Å². The third kappa shape index (κ3) is 5.40. The van der Waals surface area contributed by atoms with Crippen LogP contribution in [0.3, 0.4) is 0 Å². The van der Waals surface area contributed by atoms with Crippen LogP contribution < -0.4 is 16.0 Å². The summed E-state index contributed by atoms with van der Waals surface area (Å²) < 4.78 is 56.6. The molecule has 0 unspecified atom stereocenters.